The third-order valence-electron chi connectivity index (χ3n) is 6.13. The molecule has 2 heterocycles. The van der Waals surface area contributed by atoms with Crippen LogP contribution in [0.4, 0.5) is 11.4 Å². The molecule has 0 aliphatic rings. The van der Waals surface area contributed by atoms with E-state index in [0.717, 1.165) is 31.8 Å². The van der Waals surface area contributed by atoms with Crippen molar-refractivity contribution in [3.63, 3.8) is 0 Å². The Hall–Kier alpha value is -3.58. The molecule has 2 N–H and O–H groups in total. The van der Waals surface area contributed by atoms with Crippen molar-refractivity contribution < 1.29 is 19.1 Å². The number of nitrogens with one attached hydrogen (secondary N) is 2. The summed E-state index contributed by atoms with van der Waals surface area (Å²) in [4.78, 5) is 25.1. The fourth-order valence-electron chi connectivity index (χ4n) is 4.33. The van der Waals surface area contributed by atoms with E-state index in [-0.39, 0.29) is 11.9 Å². The van der Waals surface area contributed by atoms with Crippen molar-refractivity contribution in [1.82, 2.24) is 9.13 Å². The molecule has 12 heteroatoms. The quantitative estimate of drug-likeness (QED) is 0.123. The van der Waals surface area contributed by atoms with E-state index in [0.29, 0.717) is 45.6 Å². The van der Waals surface area contributed by atoms with Gasteiger partial charge >= 0.3 is 11.9 Å². The van der Waals surface area contributed by atoms with E-state index < -0.39 is 0 Å². The monoisotopic (exact) mass is 610 g/mol. The van der Waals surface area contributed by atoms with Crippen LogP contribution in [-0.2, 0) is 22.8 Å². The summed E-state index contributed by atoms with van der Waals surface area (Å²) < 4.78 is 17.5. The second-order valence-corrected chi connectivity index (χ2v) is 11.9. The number of carbonyl (C=O) groups is 2. The van der Waals surface area contributed by atoms with Crippen LogP contribution >= 0.6 is 47.1 Å². The standard InChI is InChI=1S/C28H26N4O4S4/c1-3-35-25(33)19-7-5-9-21-23(19)31(27(37)39-21)15-29-17-11-13-18(14-12-17)30-16-32-24-20(26(34)36-4-2)8-6-10-22(24)40-28(32)38/h5-14,29-30H,3-4,15-16H2,1-2H3. The lowest BCUT2D eigenvalue weighted by Crippen LogP contribution is -2.12. The molecule has 0 saturated heterocycles. The SMILES string of the molecule is CCOC(=O)c1cccc2sc(=S)n(CNc3ccc(NCn4c(=S)sc5cccc(C(=O)OCC)c54)cc3)c12. The van der Waals surface area contributed by atoms with E-state index in [9.17, 15) is 9.59 Å². The Kier molecular flexibility index (Phi) is 8.60. The molecule has 0 radical (unpaired) electrons. The molecule has 206 valence electrons. The highest BCUT2D eigenvalue weighted by molar-refractivity contribution is 7.74. The number of rotatable bonds is 10. The van der Waals surface area contributed by atoms with Crippen LogP contribution in [0, 0.1) is 7.91 Å². The zero-order valence-electron chi connectivity index (χ0n) is 21.8. The van der Waals surface area contributed by atoms with Gasteiger partial charge in [-0.3, -0.25) is 0 Å². The smallest absolute Gasteiger partial charge is 0.340 e. The number of aromatic nitrogens is 2. The first kappa shape index (κ1) is 28.0. The number of thiazole rings is 2. The van der Waals surface area contributed by atoms with E-state index in [1.807, 2.05) is 57.7 Å². The lowest BCUT2D eigenvalue weighted by molar-refractivity contribution is 0.0518. The van der Waals surface area contributed by atoms with Gasteiger partial charge < -0.3 is 29.2 Å². The van der Waals surface area contributed by atoms with Gasteiger partial charge in [0.2, 0.25) is 0 Å². The van der Waals surface area contributed by atoms with Gasteiger partial charge in [-0.25, -0.2) is 9.59 Å². The molecule has 0 atom stereocenters. The molecule has 0 saturated carbocycles. The molecule has 0 aliphatic heterocycles. The maximum absolute atomic E-state index is 12.5. The van der Waals surface area contributed by atoms with Crippen molar-refractivity contribution in [2.24, 2.45) is 0 Å². The molecule has 0 amide bonds. The van der Waals surface area contributed by atoms with Crippen molar-refractivity contribution >= 4 is 90.9 Å². The van der Waals surface area contributed by atoms with Crippen LogP contribution in [0.1, 0.15) is 34.6 Å². The van der Waals surface area contributed by atoms with Crippen LogP contribution < -0.4 is 10.6 Å². The molecule has 0 spiro atoms. The van der Waals surface area contributed by atoms with E-state index in [1.165, 1.54) is 22.7 Å². The highest BCUT2D eigenvalue weighted by atomic mass is 32.2. The minimum Gasteiger partial charge on any atom is -0.462 e. The van der Waals surface area contributed by atoms with Crippen LogP contribution in [0.2, 0.25) is 0 Å². The minimum absolute atomic E-state index is 0.306. The first-order valence-corrected chi connectivity index (χ1v) is 15.0. The fraction of sp³-hybridized carbons (Fsp3) is 0.214. The van der Waals surface area contributed by atoms with Gasteiger partial charge in [0.15, 0.2) is 7.91 Å². The molecule has 8 nitrogen and oxygen atoms in total. The Morgan fingerprint density at radius 2 is 1.10 bits per heavy atom. The molecule has 40 heavy (non-hydrogen) atoms. The van der Waals surface area contributed by atoms with Crippen LogP contribution in [0.5, 0.6) is 0 Å². The molecule has 0 aliphatic carbocycles. The second-order valence-electron chi connectivity index (χ2n) is 8.58. The molecule has 3 aromatic carbocycles. The summed E-state index contributed by atoms with van der Waals surface area (Å²) in [5, 5.41) is 6.78. The Balaban J connectivity index is 1.31. The summed E-state index contributed by atoms with van der Waals surface area (Å²) in [6.07, 6.45) is 0. The van der Waals surface area contributed by atoms with E-state index in [4.69, 9.17) is 33.9 Å². The molecule has 5 rings (SSSR count). The summed E-state index contributed by atoms with van der Waals surface area (Å²) in [5.41, 5.74) is 4.31. The van der Waals surface area contributed by atoms with Crippen molar-refractivity contribution in [2.75, 3.05) is 23.8 Å². The minimum atomic E-state index is -0.363. The summed E-state index contributed by atoms with van der Waals surface area (Å²) in [5.74, 6) is -0.726. The molecule has 5 aromatic rings. The van der Waals surface area contributed by atoms with Gasteiger partial charge in [0.05, 0.1) is 58.1 Å². The number of para-hydroxylation sites is 2. The Labute approximate surface area is 248 Å². The van der Waals surface area contributed by atoms with E-state index in [1.54, 1.807) is 26.0 Å². The maximum Gasteiger partial charge on any atom is 0.340 e. The number of hydrogen-bond acceptors (Lipinski definition) is 10. The van der Waals surface area contributed by atoms with E-state index >= 15 is 0 Å². The highest BCUT2D eigenvalue weighted by Gasteiger charge is 2.17. The number of anilines is 2. The van der Waals surface area contributed by atoms with Gasteiger partial charge in [-0.2, -0.15) is 0 Å². The number of hydrogen-bond donors (Lipinski definition) is 2. The molecular weight excluding hydrogens is 585 g/mol. The molecule has 0 unspecified atom stereocenters. The third kappa shape index (κ3) is 5.66. The van der Waals surface area contributed by atoms with Crippen LogP contribution in [-0.4, -0.2) is 34.3 Å². The van der Waals surface area contributed by atoms with Crippen LogP contribution in [0.3, 0.4) is 0 Å². The van der Waals surface area contributed by atoms with Crippen LogP contribution in [0.25, 0.3) is 20.4 Å². The van der Waals surface area contributed by atoms with Gasteiger partial charge in [0, 0.05) is 11.4 Å². The largest absolute Gasteiger partial charge is 0.462 e. The lowest BCUT2D eigenvalue weighted by Gasteiger charge is -2.13. The Morgan fingerprint density at radius 3 is 1.48 bits per heavy atom. The lowest BCUT2D eigenvalue weighted by atomic mass is 10.2. The van der Waals surface area contributed by atoms with Gasteiger partial charge in [0.1, 0.15) is 0 Å². The number of benzene rings is 3. The normalized spacial score (nSPS) is 11.1. The summed E-state index contributed by atoms with van der Waals surface area (Å²) in [6.45, 7) is 4.98. The highest BCUT2D eigenvalue weighted by Crippen LogP contribution is 2.29. The van der Waals surface area contributed by atoms with Crippen molar-refractivity contribution in [2.45, 2.75) is 27.2 Å². The first-order valence-electron chi connectivity index (χ1n) is 12.6. The maximum atomic E-state index is 12.5. The number of ether oxygens (including phenoxy) is 2. The zero-order chi connectivity index (χ0) is 28.2. The number of esters is 2. The average Bonchev–Trinajstić information content (AvgIpc) is 3.45. The van der Waals surface area contributed by atoms with E-state index in [2.05, 4.69) is 10.6 Å². The third-order valence-corrected chi connectivity index (χ3v) is 8.96. The van der Waals surface area contributed by atoms with Crippen LogP contribution in [0.15, 0.2) is 60.7 Å². The topological polar surface area (TPSA) is 86.5 Å². The van der Waals surface area contributed by atoms with Crippen molar-refractivity contribution in [3.8, 4) is 0 Å². The predicted molar refractivity (Wildman–Crippen MR) is 167 cm³/mol. The van der Waals surface area contributed by atoms with Crippen molar-refractivity contribution in [3.05, 3.63) is 79.7 Å². The molecular formula is C28H26N4O4S4. The summed E-state index contributed by atoms with van der Waals surface area (Å²) in [6, 6.07) is 18.9. The molecule has 2 aromatic heterocycles. The van der Waals surface area contributed by atoms with Crippen molar-refractivity contribution in [1.29, 1.82) is 0 Å². The van der Waals surface area contributed by atoms with Gasteiger partial charge in [-0.15, -0.1) is 22.7 Å². The second kappa shape index (κ2) is 12.3. The molecule has 0 fully saturated rings. The Bertz CT molecular complexity index is 1690. The van der Waals surface area contributed by atoms with Gasteiger partial charge in [0.25, 0.3) is 0 Å². The summed E-state index contributed by atoms with van der Waals surface area (Å²) in [7, 11) is 0. The zero-order valence-corrected chi connectivity index (χ0v) is 25.0. The Morgan fingerprint density at radius 1 is 0.700 bits per heavy atom. The number of nitrogens with zero attached hydrogens (tertiary/aromatic N) is 2. The average molecular weight is 611 g/mol. The molecule has 0 bridgehead atoms. The number of fused-ring (bicyclic) bond motifs is 2. The number of carbonyl (C=O) groups excluding carboxylic acids is 2. The predicted octanol–water partition coefficient (Wildman–Crippen LogP) is 7.67. The fourth-order valence-corrected chi connectivity index (χ4v) is 7.01. The summed E-state index contributed by atoms with van der Waals surface area (Å²) >= 11 is 14.1. The van der Waals surface area contributed by atoms with Gasteiger partial charge in [-0.1, -0.05) is 12.1 Å². The van der Waals surface area contributed by atoms with Gasteiger partial charge in [-0.05, 0) is 86.8 Å². The first-order chi connectivity index (χ1) is 19.4.